The molecule has 1 fully saturated rings. The number of ketones is 1. The van der Waals surface area contributed by atoms with E-state index in [0.29, 0.717) is 29.5 Å². The maximum absolute atomic E-state index is 13.1. The number of Topliss-reactive ketones (excluding diaryl/α,β-unsaturated/α-hetero) is 1. The highest BCUT2D eigenvalue weighted by Gasteiger charge is 2.26. The van der Waals surface area contributed by atoms with Gasteiger partial charge in [0.25, 0.3) is 5.91 Å². The Morgan fingerprint density at radius 3 is 2.59 bits per heavy atom. The number of nitrogens with zero attached hydrogens (tertiary/aromatic N) is 5. The summed E-state index contributed by atoms with van der Waals surface area (Å²) in [4.78, 5) is 30.2. The van der Waals surface area contributed by atoms with Gasteiger partial charge < -0.3 is 10.4 Å². The average Bonchev–Trinajstić information content (AvgIpc) is 3.31. The second kappa shape index (κ2) is 10.6. The standard InChI is InChI=1S/C24H27FN6O3/c1-15-10-19(11-21(27-15)24(34)26-12-16-4-8-20(25)9-5-16)23-28-30-31(29-23)13-17-2-6-18(7-3-17)22(33)14-32/h4-5,8-11,17-18,32H,2-3,6-7,12-14H2,1H3,(H,26,34). The van der Waals surface area contributed by atoms with Gasteiger partial charge in [0.1, 0.15) is 18.1 Å². The molecule has 3 aromatic rings. The number of hydrogen-bond acceptors (Lipinski definition) is 7. The van der Waals surface area contributed by atoms with Crippen molar-refractivity contribution in [3.8, 4) is 11.4 Å². The number of nitrogens with one attached hydrogen (secondary N) is 1. The van der Waals surface area contributed by atoms with Crippen molar-refractivity contribution in [1.82, 2.24) is 30.5 Å². The van der Waals surface area contributed by atoms with E-state index in [2.05, 4.69) is 25.7 Å². The molecule has 1 amide bonds. The van der Waals surface area contributed by atoms with Gasteiger partial charge in [0.05, 0.1) is 6.54 Å². The van der Waals surface area contributed by atoms with Gasteiger partial charge in [-0.3, -0.25) is 9.59 Å². The Morgan fingerprint density at radius 2 is 1.88 bits per heavy atom. The van der Waals surface area contributed by atoms with E-state index in [-0.39, 0.29) is 42.3 Å². The number of pyridine rings is 1. The van der Waals surface area contributed by atoms with Crippen molar-refractivity contribution < 1.29 is 19.1 Å². The molecule has 10 heteroatoms. The fourth-order valence-corrected chi connectivity index (χ4v) is 4.25. The van der Waals surface area contributed by atoms with E-state index >= 15 is 0 Å². The molecule has 1 aliphatic rings. The molecular formula is C24H27FN6O3. The number of aromatic nitrogens is 5. The number of carbonyl (C=O) groups excluding carboxylic acids is 2. The van der Waals surface area contributed by atoms with Crippen LogP contribution in [0.5, 0.6) is 0 Å². The number of tetrazole rings is 1. The van der Waals surface area contributed by atoms with Crippen LogP contribution in [0.2, 0.25) is 0 Å². The molecule has 1 aromatic carbocycles. The lowest BCUT2D eigenvalue weighted by Gasteiger charge is -2.26. The Bertz CT molecular complexity index is 1160. The minimum Gasteiger partial charge on any atom is -0.389 e. The van der Waals surface area contributed by atoms with Crippen LogP contribution in [0.25, 0.3) is 11.4 Å². The van der Waals surface area contributed by atoms with E-state index in [0.717, 1.165) is 31.2 Å². The van der Waals surface area contributed by atoms with Gasteiger partial charge in [0.15, 0.2) is 5.78 Å². The normalized spacial score (nSPS) is 18.0. The molecule has 178 valence electrons. The third kappa shape index (κ3) is 5.88. The van der Waals surface area contributed by atoms with Gasteiger partial charge in [0, 0.05) is 23.7 Å². The van der Waals surface area contributed by atoms with Gasteiger partial charge in [-0.25, -0.2) is 9.37 Å². The van der Waals surface area contributed by atoms with E-state index in [9.17, 15) is 14.0 Å². The molecule has 0 aliphatic heterocycles. The molecule has 1 aliphatic carbocycles. The Labute approximate surface area is 196 Å². The fourth-order valence-electron chi connectivity index (χ4n) is 4.25. The molecule has 0 bridgehead atoms. The molecule has 0 unspecified atom stereocenters. The minimum absolute atomic E-state index is 0.0482. The van der Waals surface area contributed by atoms with E-state index < -0.39 is 0 Å². The first-order valence-electron chi connectivity index (χ1n) is 11.3. The summed E-state index contributed by atoms with van der Waals surface area (Å²) in [7, 11) is 0. The number of benzene rings is 1. The maximum atomic E-state index is 13.1. The smallest absolute Gasteiger partial charge is 0.270 e. The second-order valence-electron chi connectivity index (χ2n) is 8.70. The first-order valence-corrected chi connectivity index (χ1v) is 11.3. The van der Waals surface area contributed by atoms with Gasteiger partial charge in [-0.05, 0) is 73.6 Å². The number of halogens is 1. The molecule has 0 radical (unpaired) electrons. The summed E-state index contributed by atoms with van der Waals surface area (Å²) in [6.45, 7) is 2.25. The molecule has 1 saturated carbocycles. The highest BCUT2D eigenvalue weighted by molar-refractivity contribution is 5.93. The molecule has 0 saturated heterocycles. The lowest BCUT2D eigenvalue weighted by molar-refractivity contribution is -0.126. The summed E-state index contributed by atoms with van der Waals surface area (Å²) in [6, 6.07) is 9.34. The van der Waals surface area contributed by atoms with Crippen LogP contribution in [-0.4, -0.2) is 48.6 Å². The number of amides is 1. The Balaban J connectivity index is 1.38. The van der Waals surface area contributed by atoms with Crippen molar-refractivity contribution in [3.05, 3.63) is 59.2 Å². The molecule has 4 rings (SSSR count). The molecule has 2 aromatic heterocycles. The third-order valence-electron chi connectivity index (χ3n) is 6.14. The topological polar surface area (TPSA) is 123 Å². The lowest BCUT2D eigenvalue weighted by Crippen LogP contribution is -2.26. The average molecular weight is 467 g/mol. The minimum atomic E-state index is -0.388. The zero-order valence-corrected chi connectivity index (χ0v) is 18.9. The van der Waals surface area contributed by atoms with Crippen molar-refractivity contribution in [1.29, 1.82) is 0 Å². The monoisotopic (exact) mass is 466 g/mol. The van der Waals surface area contributed by atoms with Gasteiger partial charge in [0.2, 0.25) is 5.82 Å². The van der Waals surface area contributed by atoms with E-state index in [1.165, 1.54) is 12.1 Å². The zero-order valence-electron chi connectivity index (χ0n) is 18.9. The SMILES string of the molecule is Cc1cc(-c2nnn(CC3CCC(C(=O)CO)CC3)n2)cc(C(=O)NCc2ccc(F)cc2)n1. The quantitative estimate of drug-likeness (QED) is 0.523. The molecule has 2 heterocycles. The Kier molecular flexibility index (Phi) is 7.36. The highest BCUT2D eigenvalue weighted by Crippen LogP contribution is 2.30. The van der Waals surface area contributed by atoms with Crippen LogP contribution in [0.4, 0.5) is 4.39 Å². The first kappa shape index (κ1) is 23.6. The third-order valence-corrected chi connectivity index (χ3v) is 6.14. The van der Waals surface area contributed by atoms with Crippen LogP contribution in [0.1, 0.15) is 47.4 Å². The van der Waals surface area contributed by atoms with Crippen molar-refractivity contribution in [2.24, 2.45) is 11.8 Å². The highest BCUT2D eigenvalue weighted by atomic mass is 19.1. The maximum Gasteiger partial charge on any atom is 0.270 e. The lowest BCUT2D eigenvalue weighted by atomic mass is 9.80. The van der Waals surface area contributed by atoms with E-state index in [1.54, 1.807) is 36.0 Å². The van der Waals surface area contributed by atoms with Crippen molar-refractivity contribution in [2.45, 2.75) is 45.7 Å². The summed E-state index contributed by atoms with van der Waals surface area (Å²) in [5.41, 5.74) is 2.30. The molecule has 0 atom stereocenters. The summed E-state index contributed by atoms with van der Waals surface area (Å²) < 4.78 is 13.1. The number of aryl methyl sites for hydroxylation is 1. The van der Waals surface area contributed by atoms with Crippen molar-refractivity contribution in [3.63, 3.8) is 0 Å². The van der Waals surface area contributed by atoms with Crippen LogP contribution in [0, 0.1) is 24.6 Å². The molecule has 0 spiro atoms. The van der Waals surface area contributed by atoms with Gasteiger partial charge in [-0.2, -0.15) is 4.80 Å². The van der Waals surface area contributed by atoms with Crippen LogP contribution in [0.3, 0.4) is 0 Å². The number of rotatable bonds is 8. The number of hydrogen-bond donors (Lipinski definition) is 2. The van der Waals surface area contributed by atoms with Crippen LogP contribution in [-0.2, 0) is 17.9 Å². The van der Waals surface area contributed by atoms with Gasteiger partial charge in [-0.1, -0.05) is 12.1 Å². The predicted octanol–water partition coefficient (Wildman–Crippen LogP) is 2.48. The van der Waals surface area contributed by atoms with Crippen molar-refractivity contribution in [2.75, 3.05) is 6.61 Å². The summed E-state index contributed by atoms with van der Waals surface area (Å²) in [5, 5.41) is 24.6. The second-order valence-corrected chi connectivity index (χ2v) is 8.70. The summed E-state index contributed by atoms with van der Waals surface area (Å²) in [6.07, 6.45) is 3.29. The predicted molar refractivity (Wildman–Crippen MR) is 121 cm³/mol. The van der Waals surface area contributed by atoms with Crippen LogP contribution in [0.15, 0.2) is 36.4 Å². The summed E-state index contributed by atoms with van der Waals surface area (Å²) >= 11 is 0. The number of aliphatic hydroxyl groups is 1. The summed E-state index contributed by atoms with van der Waals surface area (Å²) in [5.74, 6) is -0.0573. The molecular weight excluding hydrogens is 439 g/mol. The van der Waals surface area contributed by atoms with Crippen molar-refractivity contribution >= 4 is 11.7 Å². The zero-order chi connectivity index (χ0) is 24.1. The van der Waals surface area contributed by atoms with Gasteiger partial charge >= 0.3 is 0 Å². The van der Waals surface area contributed by atoms with E-state index in [1.807, 2.05) is 0 Å². The first-order chi connectivity index (χ1) is 16.4. The van der Waals surface area contributed by atoms with Gasteiger partial charge in [-0.15, -0.1) is 10.2 Å². The Hall–Kier alpha value is -3.53. The van der Waals surface area contributed by atoms with Crippen LogP contribution < -0.4 is 5.32 Å². The number of carbonyl (C=O) groups is 2. The molecule has 34 heavy (non-hydrogen) atoms. The molecule has 2 N–H and O–H groups in total. The van der Waals surface area contributed by atoms with E-state index in [4.69, 9.17) is 5.11 Å². The Morgan fingerprint density at radius 1 is 1.15 bits per heavy atom. The molecule has 9 nitrogen and oxygen atoms in total. The number of aliphatic hydroxyl groups excluding tert-OH is 1. The largest absolute Gasteiger partial charge is 0.389 e. The fraction of sp³-hybridized carbons (Fsp3) is 0.417. The van der Waals surface area contributed by atoms with Crippen LogP contribution >= 0.6 is 0 Å².